The van der Waals surface area contributed by atoms with Gasteiger partial charge in [0.15, 0.2) is 21.0 Å². The van der Waals surface area contributed by atoms with Gasteiger partial charge in [0.1, 0.15) is 6.33 Å². The van der Waals surface area contributed by atoms with Crippen LogP contribution in [0.25, 0.3) is 11.2 Å². The van der Waals surface area contributed by atoms with Crippen LogP contribution in [-0.2, 0) is 16.4 Å². The van der Waals surface area contributed by atoms with Gasteiger partial charge in [-0.05, 0) is 12.8 Å². The fraction of sp³-hybridized carbons (Fsp3) is 0.545. The lowest BCUT2D eigenvalue weighted by atomic mass is 10.2. The summed E-state index contributed by atoms with van der Waals surface area (Å²) in [4.78, 5) is 12.3. The van der Waals surface area contributed by atoms with Crippen LogP contribution in [0.5, 0.6) is 5.88 Å². The molecule has 9 heteroatoms. The molecule has 2 aromatic heterocycles. The molecule has 3 heterocycles. The fourth-order valence-electron chi connectivity index (χ4n) is 2.53. The van der Waals surface area contributed by atoms with Gasteiger partial charge < -0.3 is 10.5 Å². The highest BCUT2D eigenvalue weighted by atomic mass is 32.2. The standard InChI is InChI=1S/C11H15N5O3S/c1-19-10-8-9(13-6-14-10)16(11(12)15-8)5-7-3-2-4-20(7,17)18/h6-7H,2-5H2,1H3,(H2,12,15). The molecule has 2 N–H and O–H groups in total. The molecule has 108 valence electrons. The Kier molecular flexibility index (Phi) is 3.00. The molecule has 0 amide bonds. The number of anilines is 1. The number of ether oxygens (including phenoxy) is 1. The zero-order valence-corrected chi connectivity index (χ0v) is 11.8. The van der Waals surface area contributed by atoms with E-state index in [1.807, 2.05) is 0 Å². The molecular weight excluding hydrogens is 282 g/mol. The third-order valence-corrected chi connectivity index (χ3v) is 5.83. The molecule has 2 aromatic rings. The maximum absolute atomic E-state index is 11.9. The highest BCUT2D eigenvalue weighted by molar-refractivity contribution is 7.92. The monoisotopic (exact) mass is 297 g/mol. The quantitative estimate of drug-likeness (QED) is 0.847. The van der Waals surface area contributed by atoms with Crippen molar-refractivity contribution >= 4 is 26.9 Å². The van der Waals surface area contributed by atoms with Crippen LogP contribution in [0.3, 0.4) is 0 Å². The van der Waals surface area contributed by atoms with Gasteiger partial charge in [0, 0.05) is 6.54 Å². The molecule has 3 rings (SSSR count). The third kappa shape index (κ3) is 1.98. The average Bonchev–Trinajstić information content (AvgIpc) is 2.91. The minimum atomic E-state index is -3.04. The van der Waals surface area contributed by atoms with Crippen LogP contribution in [0.4, 0.5) is 5.95 Å². The molecule has 1 aliphatic rings. The SMILES string of the molecule is COc1ncnc2c1nc(N)n2CC1CCCS1(=O)=O. The number of hydrogen-bond donors (Lipinski definition) is 1. The molecule has 1 aliphatic heterocycles. The zero-order valence-electron chi connectivity index (χ0n) is 11.0. The molecule has 20 heavy (non-hydrogen) atoms. The van der Waals surface area contributed by atoms with Crippen molar-refractivity contribution in [3.8, 4) is 5.88 Å². The summed E-state index contributed by atoms with van der Waals surface area (Å²) in [5.74, 6) is 0.790. The van der Waals surface area contributed by atoms with Crippen LogP contribution >= 0.6 is 0 Å². The number of imidazole rings is 1. The normalized spacial score (nSPS) is 21.4. The maximum Gasteiger partial charge on any atom is 0.245 e. The maximum atomic E-state index is 11.9. The number of rotatable bonds is 3. The van der Waals surface area contributed by atoms with Crippen LogP contribution in [0, 0.1) is 0 Å². The third-order valence-electron chi connectivity index (χ3n) is 3.57. The summed E-state index contributed by atoms with van der Waals surface area (Å²) >= 11 is 0. The molecule has 1 fully saturated rings. The molecular formula is C11H15N5O3S. The lowest BCUT2D eigenvalue weighted by molar-refractivity contribution is 0.401. The minimum absolute atomic E-state index is 0.223. The second-order valence-electron chi connectivity index (χ2n) is 4.77. The number of nitrogen functional groups attached to an aromatic ring is 1. The first-order valence-electron chi connectivity index (χ1n) is 6.25. The molecule has 1 saturated heterocycles. The van der Waals surface area contributed by atoms with E-state index in [2.05, 4.69) is 15.0 Å². The minimum Gasteiger partial charge on any atom is -0.479 e. The molecule has 0 saturated carbocycles. The van der Waals surface area contributed by atoms with E-state index >= 15 is 0 Å². The summed E-state index contributed by atoms with van der Waals surface area (Å²) in [6.45, 7) is 0.269. The molecule has 0 bridgehead atoms. The van der Waals surface area contributed by atoms with Crippen molar-refractivity contribution in [3.63, 3.8) is 0 Å². The smallest absolute Gasteiger partial charge is 0.245 e. The van der Waals surface area contributed by atoms with Crippen molar-refractivity contribution in [2.75, 3.05) is 18.6 Å². The molecule has 1 unspecified atom stereocenters. The zero-order chi connectivity index (χ0) is 14.3. The van der Waals surface area contributed by atoms with E-state index in [-0.39, 0.29) is 18.2 Å². The van der Waals surface area contributed by atoms with Crippen molar-refractivity contribution in [1.29, 1.82) is 0 Å². The summed E-state index contributed by atoms with van der Waals surface area (Å²) in [6, 6.07) is 0. The van der Waals surface area contributed by atoms with E-state index in [0.29, 0.717) is 29.9 Å². The Hall–Kier alpha value is -1.90. The van der Waals surface area contributed by atoms with E-state index in [1.54, 1.807) is 4.57 Å². The first-order valence-corrected chi connectivity index (χ1v) is 7.96. The summed E-state index contributed by atoms with van der Waals surface area (Å²) in [5.41, 5.74) is 6.82. The molecule has 0 radical (unpaired) electrons. The van der Waals surface area contributed by atoms with Crippen molar-refractivity contribution in [2.45, 2.75) is 24.6 Å². The molecule has 0 aliphatic carbocycles. The summed E-state index contributed by atoms with van der Waals surface area (Å²) in [6.07, 6.45) is 2.68. The number of nitrogens with zero attached hydrogens (tertiary/aromatic N) is 4. The Morgan fingerprint density at radius 3 is 2.95 bits per heavy atom. The van der Waals surface area contributed by atoms with Gasteiger partial charge in [0.05, 0.1) is 18.1 Å². The lowest BCUT2D eigenvalue weighted by Crippen LogP contribution is -2.23. The first-order chi connectivity index (χ1) is 9.53. The van der Waals surface area contributed by atoms with E-state index in [9.17, 15) is 8.42 Å². The predicted molar refractivity (Wildman–Crippen MR) is 73.1 cm³/mol. The van der Waals surface area contributed by atoms with Crippen LogP contribution < -0.4 is 10.5 Å². The van der Waals surface area contributed by atoms with Gasteiger partial charge in [0.25, 0.3) is 0 Å². The summed E-state index contributed by atoms with van der Waals surface area (Å²) < 4.78 is 30.6. The number of methoxy groups -OCH3 is 1. The number of aromatic nitrogens is 4. The first kappa shape index (κ1) is 13.1. The number of sulfone groups is 1. The van der Waals surface area contributed by atoms with Gasteiger partial charge in [-0.15, -0.1) is 0 Å². The lowest BCUT2D eigenvalue weighted by Gasteiger charge is -2.11. The van der Waals surface area contributed by atoms with Crippen LogP contribution in [0.2, 0.25) is 0 Å². The second kappa shape index (κ2) is 4.58. The van der Waals surface area contributed by atoms with E-state index in [0.717, 1.165) is 0 Å². The van der Waals surface area contributed by atoms with Crippen LogP contribution in [-0.4, -0.2) is 46.0 Å². The Labute approximate surface area is 115 Å². The number of nitrogens with two attached hydrogens (primary N) is 1. The fourth-order valence-corrected chi connectivity index (χ4v) is 4.33. The molecule has 1 atom stereocenters. The molecule has 8 nitrogen and oxygen atoms in total. The van der Waals surface area contributed by atoms with E-state index < -0.39 is 15.1 Å². The van der Waals surface area contributed by atoms with Gasteiger partial charge >= 0.3 is 0 Å². The van der Waals surface area contributed by atoms with Crippen molar-refractivity contribution < 1.29 is 13.2 Å². The predicted octanol–water partition coefficient (Wildman–Crippen LogP) is -0.00570. The van der Waals surface area contributed by atoms with E-state index in [1.165, 1.54) is 13.4 Å². The Morgan fingerprint density at radius 1 is 1.50 bits per heavy atom. The van der Waals surface area contributed by atoms with Crippen molar-refractivity contribution in [3.05, 3.63) is 6.33 Å². The Balaban J connectivity index is 2.06. The Morgan fingerprint density at radius 2 is 2.30 bits per heavy atom. The van der Waals surface area contributed by atoms with Gasteiger partial charge in [0.2, 0.25) is 11.8 Å². The topological polar surface area (TPSA) is 113 Å². The largest absolute Gasteiger partial charge is 0.479 e. The summed E-state index contributed by atoms with van der Waals surface area (Å²) in [7, 11) is -1.56. The van der Waals surface area contributed by atoms with Crippen molar-refractivity contribution in [1.82, 2.24) is 19.5 Å². The molecule has 0 aromatic carbocycles. The Bertz CT molecular complexity index is 755. The highest BCUT2D eigenvalue weighted by Crippen LogP contribution is 2.27. The number of hydrogen-bond acceptors (Lipinski definition) is 7. The summed E-state index contributed by atoms with van der Waals surface area (Å²) in [5, 5.41) is -0.428. The average molecular weight is 297 g/mol. The highest BCUT2D eigenvalue weighted by Gasteiger charge is 2.32. The van der Waals surface area contributed by atoms with Crippen LogP contribution in [0.15, 0.2) is 6.33 Å². The van der Waals surface area contributed by atoms with Gasteiger partial charge in [-0.25, -0.2) is 18.4 Å². The van der Waals surface area contributed by atoms with Crippen molar-refractivity contribution in [2.24, 2.45) is 0 Å². The van der Waals surface area contributed by atoms with E-state index in [4.69, 9.17) is 10.5 Å². The van der Waals surface area contributed by atoms with Crippen LogP contribution in [0.1, 0.15) is 12.8 Å². The second-order valence-corrected chi connectivity index (χ2v) is 7.17. The number of fused-ring (bicyclic) bond motifs is 1. The van der Waals surface area contributed by atoms with Gasteiger partial charge in [-0.2, -0.15) is 4.98 Å². The molecule has 0 spiro atoms. The van der Waals surface area contributed by atoms with Gasteiger partial charge in [-0.3, -0.25) is 4.57 Å². The van der Waals surface area contributed by atoms with Gasteiger partial charge in [-0.1, -0.05) is 0 Å².